The monoisotopic (exact) mass is 271 g/mol. The Bertz CT molecular complexity index is 594. The van der Waals surface area contributed by atoms with Gasteiger partial charge in [-0.1, -0.05) is 18.2 Å². The third-order valence-electron chi connectivity index (χ3n) is 3.01. The smallest absolute Gasteiger partial charge is 0.269 e. The van der Waals surface area contributed by atoms with Crippen LogP contribution in [0.25, 0.3) is 0 Å². The van der Waals surface area contributed by atoms with E-state index in [1.54, 1.807) is 12.1 Å². The Labute approximate surface area is 118 Å². The fourth-order valence-corrected chi connectivity index (χ4v) is 1.83. The van der Waals surface area contributed by atoms with E-state index in [4.69, 9.17) is 0 Å². The molecule has 0 aliphatic rings. The molecular formula is C15H17N3O2. The Morgan fingerprint density at radius 3 is 2.45 bits per heavy atom. The minimum atomic E-state index is -0.391. The summed E-state index contributed by atoms with van der Waals surface area (Å²) in [5.74, 6) is 0. The minimum absolute atomic E-state index is 0.114. The third kappa shape index (κ3) is 3.47. The van der Waals surface area contributed by atoms with Gasteiger partial charge in [0.15, 0.2) is 0 Å². The molecule has 5 nitrogen and oxygen atoms in total. The molecule has 2 rings (SSSR count). The summed E-state index contributed by atoms with van der Waals surface area (Å²) in [6.45, 7) is 0.634. The lowest BCUT2D eigenvalue weighted by Crippen LogP contribution is -2.09. The van der Waals surface area contributed by atoms with Gasteiger partial charge in [-0.2, -0.15) is 0 Å². The van der Waals surface area contributed by atoms with E-state index in [0.29, 0.717) is 6.54 Å². The summed E-state index contributed by atoms with van der Waals surface area (Å²) in [6.07, 6.45) is 0. The van der Waals surface area contributed by atoms with Crippen molar-refractivity contribution in [2.45, 2.75) is 6.54 Å². The van der Waals surface area contributed by atoms with Crippen LogP contribution in [0.4, 0.5) is 17.1 Å². The first-order valence-corrected chi connectivity index (χ1v) is 6.31. The molecule has 2 aromatic rings. The van der Waals surface area contributed by atoms with Crippen LogP contribution in [-0.4, -0.2) is 19.0 Å². The molecule has 5 heteroatoms. The van der Waals surface area contributed by atoms with Gasteiger partial charge in [-0.15, -0.1) is 0 Å². The second-order valence-corrected chi connectivity index (χ2v) is 4.72. The van der Waals surface area contributed by atoms with Gasteiger partial charge in [0.25, 0.3) is 5.69 Å². The number of rotatable bonds is 5. The highest BCUT2D eigenvalue weighted by molar-refractivity contribution is 5.57. The molecule has 2 aromatic carbocycles. The van der Waals surface area contributed by atoms with Crippen LogP contribution in [0.3, 0.4) is 0 Å². The van der Waals surface area contributed by atoms with Crippen molar-refractivity contribution in [3.63, 3.8) is 0 Å². The summed E-state index contributed by atoms with van der Waals surface area (Å²) in [5.41, 5.74) is 3.27. The summed E-state index contributed by atoms with van der Waals surface area (Å²) in [6, 6.07) is 14.7. The van der Waals surface area contributed by atoms with Crippen molar-refractivity contribution in [2.75, 3.05) is 24.3 Å². The van der Waals surface area contributed by atoms with E-state index in [9.17, 15) is 10.1 Å². The normalized spacial score (nSPS) is 10.1. The van der Waals surface area contributed by atoms with E-state index in [0.717, 1.165) is 16.9 Å². The second-order valence-electron chi connectivity index (χ2n) is 4.72. The van der Waals surface area contributed by atoms with E-state index in [2.05, 4.69) is 11.4 Å². The molecule has 0 atom stereocenters. The molecule has 20 heavy (non-hydrogen) atoms. The topological polar surface area (TPSA) is 58.4 Å². The molecule has 104 valence electrons. The number of nitro benzene ring substituents is 1. The van der Waals surface area contributed by atoms with Crippen LogP contribution in [0.1, 0.15) is 5.56 Å². The van der Waals surface area contributed by atoms with Crippen molar-refractivity contribution in [1.82, 2.24) is 0 Å². The molecule has 0 aromatic heterocycles. The number of nitrogens with one attached hydrogen (secondary N) is 1. The Morgan fingerprint density at radius 2 is 1.85 bits per heavy atom. The lowest BCUT2D eigenvalue weighted by atomic mass is 10.2. The summed E-state index contributed by atoms with van der Waals surface area (Å²) < 4.78 is 0. The van der Waals surface area contributed by atoms with Crippen molar-refractivity contribution in [3.8, 4) is 0 Å². The third-order valence-corrected chi connectivity index (χ3v) is 3.01. The minimum Gasteiger partial charge on any atom is -0.381 e. The Balaban J connectivity index is 2.01. The molecule has 0 saturated carbocycles. The van der Waals surface area contributed by atoms with E-state index < -0.39 is 4.92 Å². The fourth-order valence-electron chi connectivity index (χ4n) is 1.83. The average Bonchev–Trinajstić information content (AvgIpc) is 2.46. The van der Waals surface area contributed by atoms with Crippen LogP contribution >= 0.6 is 0 Å². The highest BCUT2D eigenvalue weighted by Gasteiger charge is 2.04. The highest BCUT2D eigenvalue weighted by Crippen LogP contribution is 2.18. The van der Waals surface area contributed by atoms with E-state index in [-0.39, 0.29) is 5.69 Å². The maximum atomic E-state index is 10.6. The Morgan fingerprint density at radius 1 is 1.15 bits per heavy atom. The van der Waals surface area contributed by atoms with E-state index >= 15 is 0 Å². The number of anilines is 2. The van der Waals surface area contributed by atoms with Gasteiger partial charge in [-0.3, -0.25) is 10.1 Å². The maximum Gasteiger partial charge on any atom is 0.269 e. The van der Waals surface area contributed by atoms with Crippen molar-refractivity contribution in [2.24, 2.45) is 0 Å². The zero-order valence-corrected chi connectivity index (χ0v) is 11.5. The first-order valence-electron chi connectivity index (χ1n) is 6.31. The predicted octanol–water partition coefficient (Wildman–Crippen LogP) is 3.27. The van der Waals surface area contributed by atoms with Gasteiger partial charge in [-0.25, -0.2) is 0 Å². The zero-order chi connectivity index (χ0) is 14.5. The van der Waals surface area contributed by atoms with Crippen molar-refractivity contribution in [3.05, 3.63) is 64.2 Å². The molecule has 0 heterocycles. The lowest BCUT2D eigenvalue weighted by Gasteiger charge is -2.14. The van der Waals surface area contributed by atoms with Crippen LogP contribution in [0.5, 0.6) is 0 Å². The molecule has 0 saturated heterocycles. The molecule has 0 fully saturated rings. The van der Waals surface area contributed by atoms with Crippen molar-refractivity contribution in [1.29, 1.82) is 0 Å². The molecule has 0 radical (unpaired) electrons. The van der Waals surface area contributed by atoms with Gasteiger partial charge in [-0.05, 0) is 23.8 Å². The van der Waals surface area contributed by atoms with Crippen LogP contribution < -0.4 is 10.2 Å². The summed E-state index contributed by atoms with van der Waals surface area (Å²) in [7, 11) is 3.99. The van der Waals surface area contributed by atoms with Gasteiger partial charge in [0.2, 0.25) is 0 Å². The zero-order valence-electron chi connectivity index (χ0n) is 11.5. The van der Waals surface area contributed by atoms with E-state index in [1.807, 2.05) is 37.2 Å². The number of non-ortho nitro benzene ring substituents is 1. The number of nitrogens with zero attached hydrogens (tertiary/aromatic N) is 2. The Kier molecular flexibility index (Phi) is 4.20. The summed E-state index contributed by atoms with van der Waals surface area (Å²) in [4.78, 5) is 12.2. The van der Waals surface area contributed by atoms with E-state index in [1.165, 1.54) is 12.1 Å². The maximum absolute atomic E-state index is 10.6. The van der Waals surface area contributed by atoms with Gasteiger partial charge >= 0.3 is 0 Å². The second kappa shape index (κ2) is 6.06. The van der Waals surface area contributed by atoms with Gasteiger partial charge < -0.3 is 10.2 Å². The average molecular weight is 271 g/mol. The number of hydrogen-bond acceptors (Lipinski definition) is 4. The number of nitro groups is 1. The first-order chi connectivity index (χ1) is 9.56. The molecule has 1 N–H and O–H groups in total. The number of hydrogen-bond donors (Lipinski definition) is 1. The summed E-state index contributed by atoms with van der Waals surface area (Å²) >= 11 is 0. The quantitative estimate of drug-likeness (QED) is 0.669. The van der Waals surface area contributed by atoms with Crippen LogP contribution in [0.2, 0.25) is 0 Å². The standard InChI is InChI=1S/C15H17N3O2/c1-17(2)15-5-3-4-13(10-15)16-11-12-6-8-14(9-7-12)18(19)20/h3-10,16H,11H2,1-2H3. The molecule has 0 aliphatic heterocycles. The molecule has 0 bridgehead atoms. The highest BCUT2D eigenvalue weighted by atomic mass is 16.6. The van der Waals surface area contributed by atoms with Gasteiger partial charge in [0.1, 0.15) is 0 Å². The van der Waals surface area contributed by atoms with Crippen LogP contribution in [0, 0.1) is 10.1 Å². The number of benzene rings is 2. The van der Waals surface area contributed by atoms with Crippen LogP contribution in [0.15, 0.2) is 48.5 Å². The Hall–Kier alpha value is -2.56. The lowest BCUT2D eigenvalue weighted by molar-refractivity contribution is -0.384. The molecule has 0 unspecified atom stereocenters. The SMILES string of the molecule is CN(C)c1cccc(NCc2ccc([N+](=O)[O-])cc2)c1. The van der Waals surface area contributed by atoms with Crippen molar-refractivity contribution < 1.29 is 4.92 Å². The van der Waals surface area contributed by atoms with Gasteiger partial charge in [0, 0.05) is 44.1 Å². The molecule has 0 spiro atoms. The molecular weight excluding hydrogens is 254 g/mol. The molecule has 0 amide bonds. The van der Waals surface area contributed by atoms with Gasteiger partial charge in [0.05, 0.1) is 4.92 Å². The molecule has 0 aliphatic carbocycles. The van der Waals surface area contributed by atoms with Crippen LogP contribution in [-0.2, 0) is 6.54 Å². The predicted molar refractivity (Wildman–Crippen MR) is 81.2 cm³/mol. The largest absolute Gasteiger partial charge is 0.381 e. The summed E-state index contributed by atoms with van der Waals surface area (Å²) in [5, 5.41) is 13.9. The first kappa shape index (κ1) is 13.9. The van der Waals surface area contributed by atoms with Crippen molar-refractivity contribution >= 4 is 17.1 Å². The fraction of sp³-hybridized carbons (Fsp3) is 0.200.